The van der Waals surface area contributed by atoms with Crippen LogP contribution < -0.4 is 11.1 Å². The van der Waals surface area contributed by atoms with Crippen LogP contribution in [0.25, 0.3) is 0 Å². The molecular weight excluding hydrogens is 274 g/mol. The summed E-state index contributed by atoms with van der Waals surface area (Å²) >= 11 is 1.56. The Labute approximate surface area is 121 Å². The first-order chi connectivity index (χ1) is 9.72. The highest BCUT2D eigenvalue weighted by Crippen LogP contribution is 2.15. The van der Waals surface area contributed by atoms with Gasteiger partial charge in [-0.3, -0.25) is 4.79 Å². The maximum atomic E-state index is 12.0. The average molecular weight is 289 g/mol. The molecule has 2 heterocycles. The normalized spacial score (nSPS) is 11.5. The summed E-state index contributed by atoms with van der Waals surface area (Å²) in [6, 6.07) is 1.53. The number of nitrogens with zero attached hydrogens (tertiary/aromatic N) is 3. The zero-order valence-electron chi connectivity index (χ0n) is 11.0. The molecule has 0 radical (unpaired) electrons. The van der Waals surface area contributed by atoms with E-state index in [1.54, 1.807) is 18.3 Å². The second-order valence-corrected chi connectivity index (χ2v) is 5.03. The van der Waals surface area contributed by atoms with Crippen LogP contribution >= 0.6 is 11.3 Å². The Morgan fingerprint density at radius 3 is 3.20 bits per heavy atom. The lowest BCUT2D eigenvalue weighted by molar-refractivity contribution is -0.124. The molecule has 1 unspecified atom stereocenters. The number of thiophene rings is 1. The number of carbonyl (C=O) groups excluding carboxylic acids is 1. The topological polar surface area (TPSA) is 85.8 Å². The van der Waals surface area contributed by atoms with Crippen molar-refractivity contribution in [3.8, 4) is 11.8 Å². The van der Waals surface area contributed by atoms with E-state index in [0.29, 0.717) is 13.1 Å². The summed E-state index contributed by atoms with van der Waals surface area (Å²) in [5.74, 6) is 5.69. The summed E-state index contributed by atoms with van der Waals surface area (Å²) in [5.41, 5.74) is 6.27. The second kappa shape index (κ2) is 6.84. The molecule has 0 saturated carbocycles. The van der Waals surface area contributed by atoms with E-state index in [0.717, 1.165) is 10.4 Å². The molecule has 7 heteroatoms. The minimum absolute atomic E-state index is 0.110. The molecule has 2 rings (SSSR count). The summed E-state index contributed by atoms with van der Waals surface area (Å²) in [6.45, 7) is 2.54. The third-order valence-corrected chi connectivity index (χ3v) is 3.63. The van der Waals surface area contributed by atoms with Crippen molar-refractivity contribution in [1.82, 2.24) is 20.1 Å². The molecule has 0 saturated heterocycles. The molecule has 0 aromatic carbocycles. The van der Waals surface area contributed by atoms with Crippen molar-refractivity contribution in [1.29, 1.82) is 0 Å². The summed E-state index contributed by atoms with van der Waals surface area (Å²) in [4.78, 5) is 16.9. The standard InChI is InChI=1S/C13H15N5OS/c1-10(18-9-15-8-17-18)13(19)16-7-12-11(3-2-5-14)4-6-20-12/h4,6,8-10H,5,7,14H2,1H3,(H,16,19). The van der Waals surface area contributed by atoms with E-state index >= 15 is 0 Å². The van der Waals surface area contributed by atoms with E-state index in [-0.39, 0.29) is 5.91 Å². The number of hydrogen-bond acceptors (Lipinski definition) is 5. The number of aromatic nitrogens is 3. The molecule has 0 bridgehead atoms. The third kappa shape index (κ3) is 3.44. The predicted octanol–water partition coefficient (Wildman–Crippen LogP) is 0.527. The monoisotopic (exact) mass is 289 g/mol. The molecule has 6 nitrogen and oxygen atoms in total. The SMILES string of the molecule is CC(C(=O)NCc1sccc1C#CCN)n1cncn1. The van der Waals surface area contributed by atoms with E-state index in [2.05, 4.69) is 27.2 Å². The summed E-state index contributed by atoms with van der Waals surface area (Å²) in [6.07, 6.45) is 2.93. The number of carbonyl (C=O) groups is 1. The highest BCUT2D eigenvalue weighted by Gasteiger charge is 2.15. The second-order valence-electron chi connectivity index (χ2n) is 4.03. The first-order valence-electron chi connectivity index (χ1n) is 6.09. The molecule has 0 fully saturated rings. The molecule has 1 atom stereocenters. The summed E-state index contributed by atoms with van der Waals surface area (Å²) < 4.78 is 1.51. The smallest absolute Gasteiger partial charge is 0.244 e. The molecule has 20 heavy (non-hydrogen) atoms. The van der Waals surface area contributed by atoms with Crippen LogP contribution in [-0.2, 0) is 11.3 Å². The van der Waals surface area contributed by atoms with Gasteiger partial charge in [0.1, 0.15) is 18.7 Å². The Balaban J connectivity index is 1.95. The molecule has 0 aliphatic rings. The van der Waals surface area contributed by atoms with Crippen LogP contribution in [0.4, 0.5) is 0 Å². The lowest BCUT2D eigenvalue weighted by Crippen LogP contribution is -2.30. The number of rotatable bonds is 4. The van der Waals surface area contributed by atoms with Crippen molar-refractivity contribution < 1.29 is 4.79 Å². The van der Waals surface area contributed by atoms with E-state index in [9.17, 15) is 4.79 Å². The van der Waals surface area contributed by atoms with Gasteiger partial charge in [0.25, 0.3) is 0 Å². The zero-order valence-corrected chi connectivity index (χ0v) is 11.9. The van der Waals surface area contributed by atoms with Crippen molar-refractivity contribution in [2.24, 2.45) is 5.73 Å². The maximum Gasteiger partial charge on any atom is 0.244 e. The highest BCUT2D eigenvalue weighted by molar-refractivity contribution is 7.10. The van der Waals surface area contributed by atoms with Crippen LogP contribution in [0.2, 0.25) is 0 Å². The van der Waals surface area contributed by atoms with Gasteiger partial charge in [-0.1, -0.05) is 11.8 Å². The molecular formula is C13H15N5OS. The lowest BCUT2D eigenvalue weighted by Gasteiger charge is -2.11. The third-order valence-electron chi connectivity index (χ3n) is 2.71. The van der Waals surface area contributed by atoms with Gasteiger partial charge >= 0.3 is 0 Å². The van der Waals surface area contributed by atoms with Gasteiger partial charge in [-0.2, -0.15) is 5.10 Å². The van der Waals surface area contributed by atoms with Crippen molar-refractivity contribution in [3.05, 3.63) is 34.5 Å². The summed E-state index contributed by atoms with van der Waals surface area (Å²) in [5, 5.41) is 8.77. The van der Waals surface area contributed by atoms with Crippen molar-refractivity contribution >= 4 is 17.2 Å². The number of nitrogens with two attached hydrogens (primary N) is 1. The van der Waals surface area contributed by atoms with Gasteiger partial charge in [-0.05, 0) is 18.4 Å². The van der Waals surface area contributed by atoms with Crippen LogP contribution in [0.1, 0.15) is 23.4 Å². The maximum absolute atomic E-state index is 12.0. The largest absolute Gasteiger partial charge is 0.349 e. The Bertz CT molecular complexity index is 623. The van der Waals surface area contributed by atoms with Gasteiger partial charge in [0.15, 0.2) is 0 Å². The molecule has 104 valence electrons. The van der Waals surface area contributed by atoms with Gasteiger partial charge in [-0.15, -0.1) is 11.3 Å². The Morgan fingerprint density at radius 1 is 1.65 bits per heavy atom. The fraction of sp³-hybridized carbons (Fsp3) is 0.308. The molecule has 0 aliphatic carbocycles. The molecule has 3 N–H and O–H groups in total. The van der Waals surface area contributed by atoms with Gasteiger partial charge in [0.05, 0.1) is 13.1 Å². The van der Waals surface area contributed by atoms with Gasteiger partial charge in [0, 0.05) is 10.4 Å². The molecule has 2 aromatic rings. The first-order valence-corrected chi connectivity index (χ1v) is 6.97. The molecule has 2 aromatic heterocycles. The highest BCUT2D eigenvalue weighted by atomic mass is 32.1. The number of hydrogen-bond donors (Lipinski definition) is 2. The van der Waals surface area contributed by atoms with Crippen LogP contribution in [-0.4, -0.2) is 27.2 Å². The Morgan fingerprint density at radius 2 is 2.50 bits per heavy atom. The van der Waals surface area contributed by atoms with E-state index in [4.69, 9.17) is 5.73 Å². The molecule has 0 aliphatic heterocycles. The molecule has 0 spiro atoms. The van der Waals surface area contributed by atoms with Crippen LogP contribution in [0.15, 0.2) is 24.1 Å². The van der Waals surface area contributed by atoms with Gasteiger partial charge in [-0.25, -0.2) is 9.67 Å². The average Bonchev–Trinajstić information content (AvgIpc) is 3.12. The number of nitrogens with one attached hydrogen (secondary N) is 1. The minimum atomic E-state index is -0.393. The quantitative estimate of drug-likeness (QED) is 0.804. The minimum Gasteiger partial charge on any atom is -0.349 e. The predicted molar refractivity (Wildman–Crippen MR) is 76.8 cm³/mol. The van der Waals surface area contributed by atoms with Crippen LogP contribution in [0.3, 0.4) is 0 Å². The van der Waals surface area contributed by atoms with Crippen molar-refractivity contribution in [2.45, 2.75) is 19.5 Å². The summed E-state index contributed by atoms with van der Waals surface area (Å²) in [7, 11) is 0. The Hall–Kier alpha value is -2.17. The number of amides is 1. The lowest BCUT2D eigenvalue weighted by atomic mass is 10.2. The Kier molecular flexibility index (Phi) is 4.87. The zero-order chi connectivity index (χ0) is 14.4. The van der Waals surface area contributed by atoms with E-state index in [1.807, 2.05) is 11.4 Å². The fourth-order valence-corrected chi connectivity index (χ4v) is 2.36. The van der Waals surface area contributed by atoms with Crippen molar-refractivity contribution in [3.63, 3.8) is 0 Å². The van der Waals surface area contributed by atoms with Gasteiger partial charge < -0.3 is 11.1 Å². The van der Waals surface area contributed by atoms with Crippen molar-refractivity contribution in [2.75, 3.05) is 6.54 Å². The van der Waals surface area contributed by atoms with Crippen LogP contribution in [0.5, 0.6) is 0 Å². The first kappa shape index (κ1) is 14.2. The molecule has 1 amide bonds. The van der Waals surface area contributed by atoms with Crippen LogP contribution in [0, 0.1) is 11.8 Å². The van der Waals surface area contributed by atoms with E-state index < -0.39 is 6.04 Å². The van der Waals surface area contributed by atoms with E-state index in [1.165, 1.54) is 17.3 Å². The fourth-order valence-electron chi connectivity index (χ4n) is 1.59. The van der Waals surface area contributed by atoms with Gasteiger partial charge in [0.2, 0.25) is 5.91 Å².